The molecule has 0 radical (unpaired) electrons. The first-order valence-corrected chi connectivity index (χ1v) is 8.70. The molecule has 0 bridgehead atoms. The highest BCUT2D eigenvalue weighted by Gasteiger charge is 2.16. The second-order valence-electron chi connectivity index (χ2n) is 5.58. The zero-order valence-electron chi connectivity index (χ0n) is 13.5. The van der Waals surface area contributed by atoms with Crippen LogP contribution in [0.15, 0.2) is 53.5 Å². The summed E-state index contributed by atoms with van der Waals surface area (Å²) in [7, 11) is 1.82. The number of hydrogen-bond donors (Lipinski definition) is 1. The highest BCUT2D eigenvalue weighted by molar-refractivity contribution is 7.08. The van der Waals surface area contributed by atoms with Crippen LogP contribution in [-0.2, 0) is 13.6 Å². The SMILES string of the molecule is Cn1ncc2c(C(=O)NCc3ccccn3)cc(-c3ccsc3)nc21. The smallest absolute Gasteiger partial charge is 0.252 e. The topological polar surface area (TPSA) is 72.7 Å². The average Bonchev–Trinajstić information content (AvgIpc) is 3.30. The van der Waals surface area contributed by atoms with Gasteiger partial charge < -0.3 is 5.32 Å². The fourth-order valence-corrected chi connectivity index (χ4v) is 3.28. The van der Waals surface area contributed by atoms with Gasteiger partial charge in [-0.05, 0) is 29.6 Å². The number of hydrogen-bond acceptors (Lipinski definition) is 5. The molecular weight excluding hydrogens is 334 g/mol. The predicted molar refractivity (Wildman–Crippen MR) is 97.2 cm³/mol. The number of fused-ring (bicyclic) bond motifs is 1. The summed E-state index contributed by atoms with van der Waals surface area (Å²) in [6.07, 6.45) is 3.39. The van der Waals surface area contributed by atoms with E-state index in [1.807, 2.05) is 48.1 Å². The molecule has 6 nitrogen and oxygen atoms in total. The molecule has 0 atom stereocenters. The molecule has 0 aliphatic carbocycles. The van der Waals surface area contributed by atoms with Crippen molar-refractivity contribution < 1.29 is 4.79 Å². The molecular formula is C18H15N5OS. The number of nitrogens with zero attached hydrogens (tertiary/aromatic N) is 4. The Bertz CT molecular complexity index is 1020. The molecule has 0 unspecified atom stereocenters. The van der Waals surface area contributed by atoms with Crippen molar-refractivity contribution in [2.24, 2.45) is 7.05 Å². The van der Waals surface area contributed by atoms with E-state index in [4.69, 9.17) is 0 Å². The zero-order valence-corrected chi connectivity index (χ0v) is 14.3. The maximum absolute atomic E-state index is 12.8. The molecule has 0 saturated carbocycles. The summed E-state index contributed by atoms with van der Waals surface area (Å²) < 4.78 is 1.68. The van der Waals surface area contributed by atoms with Crippen LogP contribution in [0, 0.1) is 0 Å². The molecule has 0 saturated heterocycles. The molecule has 4 aromatic rings. The fourth-order valence-electron chi connectivity index (χ4n) is 2.63. The van der Waals surface area contributed by atoms with Gasteiger partial charge >= 0.3 is 0 Å². The van der Waals surface area contributed by atoms with E-state index in [0.717, 1.165) is 22.3 Å². The molecule has 4 heterocycles. The average molecular weight is 349 g/mol. The summed E-state index contributed by atoms with van der Waals surface area (Å²) >= 11 is 1.60. The predicted octanol–water partition coefficient (Wildman–Crippen LogP) is 3.02. The van der Waals surface area contributed by atoms with Crippen molar-refractivity contribution in [1.29, 1.82) is 0 Å². The van der Waals surface area contributed by atoms with Crippen LogP contribution in [-0.4, -0.2) is 25.7 Å². The van der Waals surface area contributed by atoms with E-state index in [1.165, 1.54) is 0 Å². The number of carbonyl (C=O) groups is 1. The van der Waals surface area contributed by atoms with E-state index in [0.29, 0.717) is 17.8 Å². The summed E-state index contributed by atoms with van der Waals surface area (Å²) in [5.41, 5.74) is 3.82. The molecule has 1 N–H and O–H groups in total. The van der Waals surface area contributed by atoms with Gasteiger partial charge in [-0.2, -0.15) is 16.4 Å². The van der Waals surface area contributed by atoms with Gasteiger partial charge in [0.1, 0.15) is 0 Å². The molecule has 0 aromatic carbocycles. The van der Waals surface area contributed by atoms with E-state index in [9.17, 15) is 4.79 Å². The Kier molecular flexibility index (Phi) is 3.99. The molecule has 4 rings (SSSR count). The maximum Gasteiger partial charge on any atom is 0.252 e. The van der Waals surface area contributed by atoms with Crippen LogP contribution < -0.4 is 5.32 Å². The van der Waals surface area contributed by atoms with Crippen LogP contribution in [0.4, 0.5) is 0 Å². The number of amides is 1. The van der Waals surface area contributed by atoms with Gasteiger partial charge in [0, 0.05) is 24.2 Å². The molecule has 25 heavy (non-hydrogen) atoms. The minimum absolute atomic E-state index is 0.164. The normalized spacial score (nSPS) is 10.9. The van der Waals surface area contributed by atoms with Gasteiger partial charge in [0.15, 0.2) is 5.65 Å². The van der Waals surface area contributed by atoms with Crippen molar-refractivity contribution in [2.75, 3.05) is 0 Å². The Balaban J connectivity index is 1.71. The van der Waals surface area contributed by atoms with Gasteiger partial charge in [0.2, 0.25) is 0 Å². The molecule has 0 fully saturated rings. The van der Waals surface area contributed by atoms with Crippen LogP contribution in [0.25, 0.3) is 22.3 Å². The monoisotopic (exact) mass is 349 g/mol. The first kappa shape index (κ1) is 15.5. The lowest BCUT2D eigenvalue weighted by molar-refractivity contribution is 0.0952. The van der Waals surface area contributed by atoms with Crippen molar-refractivity contribution in [2.45, 2.75) is 6.54 Å². The van der Waals surface area contributed by atoms with Gasteiger partial charge in [0.25, 0.3) is 5.91 Å². The first-order valence-electron chi connectivity index (χ1n) is 7.76. The fraction of sp³-hybridized carbons (Fsp3) is 0.111. The van der Waals surface area contributed by atoms with Crippen molar-refractivity contribution in [3.05, 3.63) is 64.7 Å². The van der Waals surface area contributed by atoms with E-state index >= 15 is 0 Å². The number of aromatic nitrogens is 4. The quantitative estimate of drug-likeness (QED) is 0.615. The van der Waals surface area contributed by atoms with Crippen LogP contribution in [0.3, 0.4) is 0 Å². The number of aryl methyl sites for hydroxylation is 1. The summed E-state index contributed by atoms with van der Waals surface area (Å²) in [5.74, 6) is -0.164. The third-order valence-corrected chi connectivity index (χ3v) is 4.61. The first-order chi connectivity index (χ1) is 12.2. The van der Waals surface area contributed by atoms with Crippen LogP contribution in [0.5, 0.6) is 0 Å². The van der Waals surface area contributed by atoms with Gasteiger partial charge in [0.05, 0.1) is 35.1 Å². The van der Waals surface area contributed by atoms with Gasteiger partial charge in [-0.1, -0.05) is 6.07 Å². The number of rotatable bonds is 4. The minimum atomic E-state index is -0.164. The molecule has 7 heteroatoms. The molecule has 0 aliphatic heterocycles. The van der Waals surface area contributed by atoms with Crippen molar-refractivity contribution >= 4 is 28.3 Å². The lowest BCUT2D eigenvalue weighted by atomic mass is 10.1. The molecule has 124 valence electrons. The minimum Gasteiger partial charge on any atom is -0.346 e. The molecule has 0 spiro atoms. The van der Waals surface area contributed by atoms with E-state index < -0.39 is 0 Å². The Hall–Kier alpha value is -3.06. The van der Waals surface area contributed by atoms with Crippen LogP contribution in [0.2, 0.25) is 0 Å². The highest BCUT2D eigenvalue weighted by Crippen LogP contribution is 2.26. The van der Waals surface area contributed by atoms with E-state index in [1.54, 1.807) is 28.4 Å². The van der Waals surface area contributed by atoms with Gasteiger partial charge in [-0.15, -0.1) is 0 Å². The number of nitrogens with one attached hydrogen (secondary N) is 1. The maximum atomic E-state index is 12.8. The molecule has 1 amide bonds. The number of thiophene rings is 1. The lowest BCUT2D eigenvalue weighted by Gasteiger charge is -2.08. The molecule has 4 aromatic heterocycles. The third-order valence-electron chi connectivity index (χ3n) is 3.92. The van der Waals surface area contributed by atoms with E-state index in [-0.39, 0.29) is 5.91 Å². The second kappa shape index (κ2) is 6.45. The summed E-state index contributed by atoms with van der Waals surface area (Å²) in [6, 6.07) is 9.43. The third kappa shape index (κ3) is 3.01. The summed E-state index contributed by atoms with van der Waals surface area (Å²) in [4.78, 5) is 21.6. The van der Waals surface area contributed by atoms with Crippen molar-refractivity contribution in [1.82, 2.24) is 25.1 Å². The Morgan fingerprint density at radius 1 is 1.32 bits per heavy atom. The summed E-state index contributed by atoms with van der Waals surface area (Å²) in [6.45, 7) is 0.373. The second-order valence-corrected chi connectivity index (χ2v) is 6.36. The van der Waals surface area contributed by atoms with Crippen LogP contribution in [0.1, 0.15) is 16.1 Å². The van der Waals surface area contributed by atoms with Gasteiger partial charge in [-0.3, -0.25) is 14.5 Å². The standard InChI is InChI=1S/C18H15N5OS/c1-23-17-15(10-21-23)14(8-16(22-17)12-5-7-25-11-12)18(24)20-9-13-4-2-3-6-19-13/h2-8,10-11H,9H2,1H3,(H,20,24). The Morgan fingerprint density at radius 2 is 2.24 bits per heavy atom. The number of pyridine rings is 2. The van der Waals surface area contributed by atoms with E-state index in [2.05, 4.69) is 20.4 Å². The Labute approximate surface area is 148 Å². The van der Waals surface area contributed by atoms with Crippen LogP contribution >= 0.6 is 11.3 Å². The zero-order chi connectivity index (χ0) is 17.2. The van der Waals surface area contributed by atoms with Gasteiger partial charge in [-0.25, -0.2) is 4.98 Å². The number of carbonyl (C=O) groups excluding carboxylic acids is 1. The summed E-state index contributed by atoms with van der Waals surface area (Å²) in [5, 5.41) is 11.9. The molecule has 0 aliphatic rings. The highest BCUT2D eigenvalue weighted by atomic mass is 32.1. The van der Waals surface area contributed by atoms with Crippen molar-refractivity contribution in [3.63, 3.8) is 0 Å². The largest absolute Gasteiger partial charge is 0.346 e. The van der Waals surface area contributed by atoms with Crippen molar-refractivity contribution in [3.8, 4) is 11.3 Å². The Morgan fingerprint density at radius 3 is 3.00 bits per heavy atom. The lowest BCUT2D eigenvalue weighted by Crippen LogP contribution is -2.23.